The molecule has 0 amide bonds. The Kier molecular flexibility index (Phi) is 4.22. The van der Waals surface area contributed by atoms with Gasteiger partial charge in [0.05, 0.1) is 16.8 Å². The van der Waals surface area contributed by atoms with Crippen LogP contribution in [0, 0.1) is 18.3 Å². The molecule has 0 bridgehead atoms. The second-order valence-electron chi connectivity index (χ2n) is 5.74. The highest BCUT2D eigenvalue weighted by Gasteiger charge is 2.33. The number of nitrogens with one attached hydrogen (secondary N) is 1. The summed E-state index contributed by atoms with van der Waals surface area (Å²) in [5, 5.41) is 18.8. The molecule has 2 unspecified atom stereocenters. The van der Waals surface area contributed by atoms with Crippen LogP contribution in [0.15, 0.2) is 11.1 Å². The van der Waals surface area contributed by atoms with Gasteiger partial charge in [0.1, 0.15) is 5.54 Å². The van der Waals surface area contributed by atoms with Crippen LogP contribution < -0.4 is 5.32 Å². The Morgan fingerprint density at radius 1 is 1.68 bits per heavy atom. The Balaban J connectivity index is 1.94. The van der Waals surface area contributed by atoms with Crippen LogP contribution in [0.25, 0.3) is 0 Å². The highest BCUT2D eigenvalue weighted by molar-refractivity contribution is 7.99. The van der Waals surface area contributed by atoms with Gasteiger partial charge in [0, 0.05) is 18.3 Å². The largest absolute Gasteiger partial charge is 0.297 e. The normalized spacial score (nSPS) is 19.7. The monoisotopic (exact) mass is 278 g/mol. The molecule has 0 saturated heterocycles. The minimum Gasteiger partial charge on any atom is -0.297 e. The quantitative estimate of drug-likeness (QED) is 0.813. The topological polar surface area (TPSA) is 53.6 Å². The summed E-state index contributed by atoms with van der Waals surface area (Å²) in [6, 6.07) is 5.09. The van der Waals surface area contributed by atoms with Gasteiger partial charge in [-0.25, -0.2) is 0 Å². The molecule has 2 rings (SSSR count). The van der Waals surface area contributed by atoms with Gasteiger partial charge >= 0.3 is 0 Å². The molecular weight excluding hydrogens is 256 g/mol. The fourth-order valence-electron chi connectivity index (χ4n) is 2.33. The second-order valence-corrected chi connectivity index (χ2v) is 7.20. The van der Waals surface area contributed by atoms with E-state index in [1.807, 2.05) is 25.6 Å². The van der Waals surface area contributed by atoms with Crippen LogP contribution in [-0.2, 0) is 7.05 Å². The number of nitriles is 1. The summed E-state index contributed by atoms with van der Waals surface area (Å²) >= 11 is 1.79. The fourth-order valence-corrected chi connectivity index (χ4v) is 3.60. The zero-order chi connectivity index (χ0) is 14.0. The van der Waals surface area contributed by atoms with Crippen LogP contribution in [0.1, 0.15) is 38.8 Å². The molecular formula is C14H22N4S. The number of hydrogen-bond donors (Lipinski definition) is 1. The van der Waals surface area contributed by atoms with E-state index in [1.54, 1.807) is 11.8 Å². The van der Waals surface area contributed by atoms with Crippen molar-refractivity contribution in [2.24, 2.45) is 7.05 Å². The predicted octanol–water partition coefficient (Wildman–Crippen LogP) is 2.63. The van der Waals surface area contributed by atoms with Crippen molar-refractivity contribution in [2.75, 3.05) is 0 Å². The Labute approximate surface area is 119 Å². The first-order valence-electron chi connectivity index (χ1n) is 6.78. The van der Waals surface area contributed by atoms with Crippen molar-refractivity contribution in [3.8, 4) is 6.07 Å². The lowest BCUT2D eigenvalue weighted by molar-refractivity contribution is 0.414. The van der Waals surface area contributed by atoms with E-state index in [0.29, 0.717) is 11.3 Å². The number of rotatable bonds is 6. The number of nitrogens with zero attached hydrogens (tertiary/aromatic N) is 3. The van der Waals surface area contributed by atoms with E-state index in [0.717, 1.165) is 17.1 Å². The highest BCUT2D eigenvalue weighted by Crippen LogP contribution is 2.31. The third kappa shape index (κ3) is 3.99. The Morgan fingerprint density at radius 2 is 2.37 bits per heavy atom. The zero-order valence-electron chi connectivity index (χ0n) is 12.1. The fraction of sp³-hybridized carbons (Fsp3) is 0.714. The third-order valence-electron chi connectivity index (χ3n) is 3.32. The molecule has 5 heteroatoms. The van der Waals surface area contributed by atoms with Crippen LogP contribution in [0.5, 0.6) is 0 Å². The lowest BCUT2D eigenvalue weighted by atomic mass is 9.98. The van der Waals surface area contributed by atoms with E-state index >= 15 is 0 Å². The van der Waals surface area contributed by atoms with Crippen LogP contribution in [0.4, 0.5) is 0 Å². The van der Waals surface area contributed by atoms with Gasteiger partial charge < -0.3 is 0 Å². The van der Waals surface area contributed by atoms with Gasteiger partial charge in [0.15, 0.2) is 0 Å². The standard InChI is InChI=1S/C14H22N4S/c1-10-7-13(18(4)17-10)19-11(2)8-14(3,9-15)16-12-5-6-12/h7,11-12,16H,5-6,8H2,1-4H3. The second kappa shape index (κ2) is 5.56. The summed E-state index contributed by atoms with van der Waals surface area (Å²) in [5.41, 5.74) is 0.623. The molecule has 1 aliphatic rings. The maximum atomic E-state index is 9.40. The molecule has 104 valence electrons. The van der Waals surface area contributed by atoms with Crippen molar-refractivity contribution in [3.63, 3.8) is 0 Å². The molecule has 0 radical (unpaired) electrons. The molecule has 2 atom stereocenters. The lowest BCUT2D eigenvalue weighted by Crippen LogP contribution is -2.44. The van der Waals surface area contributed by atoms with Gasteiger partial charge in [-0.15, -0.1) is 11.8 Å². The van der Waals surface area contributed by atoms with Crippen LogP contribution in [-0.4, -0.2) is 26.6 Å². The van der Waals surface area contributed by atoms with E-state index in [-0.39, 0.29) is 0 Å². The van der Waals surface area contributed by atoms with E-state index < -0.39 is 5.54 Å². The van der Waals surface area contributed by atoms with E-state index in [2.05, 4.69) is 29.5 Å². The Bertz CT molecular complexity index is 486. The molecule has 1 N–H and O–H groups in total. The van der Waals surface area contributed by atoms with Crippen molar-refractivity contribution < 1.29 is 0 Å². The number of thioether (sulfide) groups is 1. The average molecular weight is 278 g/mol. The summed E-state index contributed by atoms with van der Waals surface area (Å²) in [6.07, 6.45) is 3.26. The maximum absolute atomic E-state index is 9.40. The molecule has 0 spiro atoms. The SMILES string of the molecule is Cc1cc(SC(C)CC(C)(C#N)NC2CC2)n(C)n1. The summed E-state index contributed by atoms with van der Waals surface area (Å²) in [6.45, 7) is 6.19. The molecule has 1 aromatic heterocycles. The zero-order valence-corrected chi connectivity index (χ0v) is 12.9. The maximum Gasteiger partial charge on any atom is 0.105 e. The van der Waals surface area contributed by atoms with Crippen LogP contribution in [0.3, 0.4) is 0 Å². The van der Waals surface area contributed by atoms with Gasteiger partial charge in [-0.2, -0.15) is 10.4 Å². The van der Waals surface area contributed by atoms with Gasteiger partial charge in [0.25, 0.3) is 0 Å². The molecule has 1 heterocycles. The number of hydrogen-bond acceptors (Lipinski definition) is 4. The smallest absolute Gasteiger partial charge is 0.105 e. The third-order valence-corrected chi connectivity index (χ3v) is 4.52. The summed E-state index contributed by atoms with van der Waals surface area (Å²) < 4.78 is 1.91. The molecule has 0 aromatic carbocycles. The average Bonchev–Trinajstić information content (AvgIpc) is 3.05. The molecule has 0 aliphatic heterocycles. The first kappa shape index (κ1) is 14.4. The Hall–Kier alpha value is -0.990. The molecule has 1 aromatic rings. The molecule has 1 saturated carbocycles. The number of aryl methyl sites for hydroxylation is 2. The van der Waals surface area contributed by atoms with Crippen LogP contribution in [0.2, 0.25) is 0 Å². The van der Waals surface area contributed by atoms with E-state index in [4.69, 9.17) is 0 Å². The minimum absolute atomic E-state index is 0.380. The van der Waals surface area contributed by atoms with E-state index in [1.165, 1.54) is 12.8 Å². The molecule has 4 nitrogen and oxygen atoms in total. The van der Waals surface area contributed by atoms with Gasteiger partial charge in [-0.1, -0.05) is 6.92 Å². The van der Waals surface area contributed by atoms with Crippen molar-refractivity contribution in [1.29, 1.82) is 5.26 Å². The Morgan fingerprint density at radius 3 is 2.84 bits per heavy atom. The molecule has 1 aliphatic carbocycles. The first-order valence-corrected chi connectivity index (χ1v) is 7.66. The molecule has 19 heavy (non-hydrogen) atoms. The van der Waals surface area contributed by atoms with Gasteiger partial charge in [-0.3, -0.25) is 10.00 Å². The van der Waals surface area contributed by atoms with Gasteiger partial charge in [-0.05, 0) is 39.2 Å². The van der Waals surface area contributed by atoms with Crippen molar-refractivity contribution >= 4 is 11.8 Å². The van der Waals surface area contributed by atoms with Crippen molar-refractivity contribution in [1.82, 2.24) is 15.1 Å². The van der Waals surface area contributed by atoms with Crippen LogP contribution >= 0.6 is 11.8 Å². The number of aromatic nitrogens is 2. The molecule has 1 fully saturated rings. The summed E-state index contributed by atoms with van der Waals surface area (Å²) in [5.74, 6) is 0. The summed E-state index contributed by atoms with van der Waals surface area (Å²) in [4.78, 5) is 0. The van der Waals surface area contributed by atoms with Gasteiger partial charge in [0.2, 0.25) is 0 Å². The summed E-state index contributed by atoms with van der Waals surface area (Å²) in [7, 11) is 1.97. The first-order chi connectivity index (χ1) is 8.92. The van der Waals surface area contributed by atoms with Crippen molar-refractivity contribution in [3.05, 3.63) is 11.8 Å². The predicted molar refractivity (Wildman–Crippen MR) is 78.1 cm³/mol. The lowest BCUT2D eigenvalue weighted by Gasteiger charge is -2.26. The minimum atomic E-state index is -0.415. The van der Waals surface area contributed by atoms with Crippen molar-refractivity contribution in [2.45, 2.75) is 61.9 Å². The highest BCUT2D eigenvalue weighted by atomic mass is 32.2. The van der Waals surface area contributed by atoms with E-state index in [9.17, 15) is 5.26 Å².